The largest absolute Gasteiger partial charge is 0.268 e. The van der Waals surface area contributed by atoms with Crippen LogP contribution in [0.25, 0.3) is 11.3 Å². The molecule has 2 heterocycles. The Balaban J connectivity index is 2.11. The van der Waals surface area contributed by atoms with E-state index in [-0.39, 0.29) is 5.82 Å². The van der Waals surface area contributed by atoms with Crippen molar-refractivity contribution < 1.29 is 4.39 Å². The Morgan fingerprint density at radius 1 is 1.35 bits per heavy atom. The summed E-state index contributed by atoms with van der Waals surface area (Å²) in [6, 6.07) is 6.55. The first kappa shape index (κ1) is 11.2. The highest BCUT2D eigenvalue weighted by Crippen LogP contribution is 2.36. The van der Waals surface area contributed by atoms with E-state index in [2.05, 4.69) is 39.3 Å². The van der Waals surface area contributed by atoms with Crippen molar-refractivity contribution in [2.45, 2.75) is 25.8 Å². The topological polar surface area (TPSA) is 17.8 Å². The normalized spacial score (nSPS) is 18.4. The predicted molar refractivity (Wildman–Crippen MR) is 73.4 cm³/mol. The highest BCUT2D eigenvalue weighted by Gasteiger charge is 2.26. The molecule has 0 saturated carbocycles. The van der Waals surface area contributed by atoms with Crippen LogP contribution in [0.3, 0.4) is 0 Å². The molecular weight excluding hydrogens is 330 g/mol. The summed E-state index contributed by atoms with van der Waals surface area (Å²) >= 11 is 2.35. The minimum atomic E-state index is -0.205. The molecule has 1 aromatic heterocycles. The van der Waals surface area contributed by atoms with Gasteiger partial charge in [0.2, 0.25) is 0 Å². The molecule has 88 valence electrons. The quantitative estimate of drug-likeness (QED) is 0.721. The summed E-state index contributed by atoms with van der Waals surface area (Å²) in [5, 5.41) is 4.63. The van der Waals surface area contributed by atoms with E-state index in [1.54, 1.807) is 12.1 Å². The van der Waals surface area contributed by atoms with Crippen molar-refractivity contribution in [3.05, 3.63) is 39.3 Å². The molecule has 1 aromatic carbocycles. The van der Waals surface area contributed by atoms with Gasteiger partial charge in [-0.25, -0.2) is 4.39 Å². The number of nitrogens with zero attached hydrogens (tertiary/aromatic N) is 2. The summed E-state index contributed by atoms with van der Waals surface area (Å²) in [6.45, 7) is 3.23. The fourth-order valence-electron chi connectivity index (χ4n) is 2.34. The fraction of sp³-hybridized carbons (Fsp3) is 0.308. The standard InChI is InChI=1S/C13H12FIN2/c1-8-6-7-17-13(8)11(15)12(16-17)9-2-4-10(14)5-3-9/h2-5,8H,6-7H2,1H3. The monoisotopic (exact) mass is 342 g/mol. The first-order valence-electron chi connectivity index (χ1n) is 5.69. The number of rotatable bonds is 1. The maximum atomic E-state index is 12.9. The van der Waals surface area contributed by atoms with Crippen molar-refractivity contribution >= 4 is 22.6 Å². The smallest absolute Gasteiger partial charge is 0.123 e. The fourth-order valence-corrected chi connectivity index (χ4v) is 3.57. The second-order valence-electron chi connectivity index (χ2n) is 4.47. The number of hydrogen-bond donors (Lipinski definition) is 0. The molecule has 1 aliphatic heterocycles. The van der Waals surface area contributed by atoms with Crippen molar-refractivity contribution in [3.8, 4) is 11.3 Å². The van der Waals surface area contributed by atoms with Crippen LogP contribution in [0.1, 0.15) is 25.0 Å². The Hall–Kier alpha value is -0.910. The molecule has 0 radical (unpaired) electrons. The maximum Gasteiger partial charge on any atom is 0.123 e. The molecule has 2 aromatic rings. The number of halogens is 2. The van der Waals surface area contributed by atoms with E-state index in [0.29, 0.717) is 5.92 Å². The lowest BCUT2D eigenvalue weighted by atomic mass is 10.1. The van der Waals surface area contributed by atoms with Crippen molar-refractivity contribution in [3.63, 3.8) is 0 Å². The van der Waals surface area contributed by atoms with Gasteiger partial charge in [0.05, 0.1) is 9.26 Å². The Morgan fingerprint density at radius 2 is 2.06 bits per heavy atom. The van der Waals surface area contributed by atoms with E-state index >= 15 is 0 Å². The van der Waals surface area contributed by atoms with Crippen LogP contribution >= 0.6 is 22.6 Å². The van der Waals surface area contributed by atoms with Crippen molar-refractivity contribution in [1.29, 1.82) is 0 Å². The molecule has 0 fully saturated rings. The lowest BCUT2D eigenvalue weighted by molar-refractivity contribution is 0.627. The molecule has 0 aliphatic carbocycles. The Morgan fingerprint density at radius 3 is 2.71 bits per heavy atom. The van der Waals surface area contributed by atoms with Gasteiger partial charge in [-0.15, -0.1) is 0 Å². The van der Waals surface area contributed by atoms with Crippen molar-refractivity contribution in [1.82, 2.24) is 9.78 Å². The number of fused-ring (bicyclic) bond motifs is 1. The second kappa shape index (κ2) is 4.08. The van der Waals surface area contributed by atoms with E-state index < -0.39 is 0 Å². The number of hydrogen-bond acceptors (Lipinski definition) is 1. The molecule has 0 N–H and O–H groups in total. The summed E-state index contributed by atoms with van der Waals surface area (Å²) in [5.74, 6) is 0.368. The van der Waals surface area contributed by atoms with Crippen molar-refractivity contribution in [2.75, 3.05) is 0 Å². The summed E-state index contributed by atoms with van der Waals surface area (Å²) < 4.78 is 16.2. The van der Waals surface area contributed by atoms with Crippen LogP contribution in [-0.4, -0.2) is 9.78 Å². The minimum Gasteiger partial charge on any atom is -0.268 e. The van der Waals surface area contributed by atoms with Gasteiger partial charge in [0.15, 0.2) is 0 Å². The average Bonchev–Trinajstić information content (AvgIpc) is 2.83. The number of aryl methyl sites for hydroxylation is 1. The first-order chi connectivity index (χ1) is 8.16. The molecule has 3 rings (SSSR count). The van der Waals surface area contributed by atoms with Crippen LogP contribution < -0.4 is 0 Å². The molecule has 17 heavy (non-hydrogen) atoms. The zero-order chi connectivity index (χ0) is 12.0. The van der Waals surface area contributed by atoms with Crippen LogP contribution in [0.5, 0.6) is 0 Å². The zero-order valence-electron chi connectivity index (χ0n) is 9.45. The SMILES string of the molecule is CC1CCn2nc(-c3ccc(F)cc3)c(I)c21. The third-order valence-electron chi connectivity index (χ3n) is 3.29. The van der Waals surface area contributed by atoms with Crippen LogP contribution in [-0.2, 0) is 6.54 Å². The maximum absolute atomic E-state index is 12.9. The van der Waals surface area contributed by atoms with Crippen LogP contribution in [0.4, 0.5) is 4.39 Å². The third-order valence-corrected chi connectivity index (χ3v) is 4.35. The molecule has 0 amide bonds. The zero-order valence-corrected chi connectivity index (χ0v) is 11.6. The van der Waals surface area contributed by atoms with Crippen LogP contribution in [0.15, 0.2) is 24.3 Å². The molecule has 1 unspecified atom stereocenters. The van der Waals surface area contributed by atoms with E-state index in [4.69, 9.17) is 0 Å². The molecule has 0 bridgehead atoms. The van der Waals surface area contributed by atoms with E-state index in [1.165, 1.54) is 27.8 Å². The summed E-state index contributed by atoms with van der Waals surface area (Å²) in [5.41, 5.74) is 3.29. The minimum absolute atomic E-state index is 0.205. The lowest BCUT2D eigenvalue weighted by Crippen LogP contribution is -1.94. The van der Waals surface area contributed by atoms with E-state index in [9.17, 15) is 4.39 Å². The summed E-state index contributed by atoms with van der Waals surface area (Å²) in [6.07, 6.45) is 1.17. The van der Waals surface area contributed by atoms with Gasteiger partial charge in [-0.3, -0.25) is 4.68 Å². The molecular formula is C13H12FIN2. The van der Waals surface area contributed by atoms with Gasteiger partial charge < -0.3 is 0 Å². The Bertz CT molecular complexity index is 560. The third kappa shape index (κ3) is 1.78. The average molecular weight is 342 g/mol. The van der Waals surface area contributed by atoms with Gasteiger partial charge in [0.25, 0.3) is 0 Å². The van der Waals surface area contributed by atoms with Gasteiger partial charge in [0.1, 0.15) is 11.5 Å². The molecule has 0 saturated heterocycles. The van der Waals surface area contributed by atoms with Crippen molar-refractivity contribution in [2.24, 2.45) is 0 Å². The predicted octanol–water partition coefficient (Wildman–Crippen LogP) is 3.80. The lowest BCUT2D eigenvalue weighted by Gasteiger charge is -2.02. The highest BCUT2D eigenvalue weighted by molar-refractivity contribution is 14.1. The molecule has 1 aliphatic rings. The van der Waals surface area contributed by atoms with Gasteiger partial charge in [-0.05, 0) is 53.3 Å². The summed E-state index contributed by atoms with van der Waals surface area (Å²) in [4.78, 5) is 0. The van der Waals surface area contributed by atoms with E-state index in [0.717, 1.165) is 17.8 Å². The first-order valence-corrected chi connectivity index (χ1v) is 6.77. The van der Waals surface area contributed by atoms with E-state index in [1.807, 2.05) is 0 Å². The Kier molecular flexibility index (Phi) is 2.69. The summed E-state index contributed by atoms with van der Waals surface area (Å²) in [7, 11) is 0. The highest BCUT2D eigenvalue weighted by atomic mass is 127. The Labute approximate surface area is 113 Å². The van der Waals surface area contributed by atoms with Gasteiger partial charge in [-0.2, -0.15) is 5.10 Å². The molecule has 1 atom stereocenters. The second-order valence-corrected chi connectivity index (χ2v) is 5.55. The van der Waals surface area contributed by atoms with Gasteiger partial charge in [0, 0.05) is 18.0 Å². The van der Waals surface area contributed by atoms with Gasteiger partial charge >= 0.3 is 0 Å². The van der Waals surface area contributed by atoms with Gasteiger partial charge in [-0.1, -0.05) is 6.92 Å². The number of aromatic nitrogens is 2. The molecule has 4 heteroatoms. The van der Waals surface area contributed by atoms with Crippen LogP contribution in [0.2, 0.25) is 0 Å². The number of benzene rings is 1. The van der Waals surface area contributed by atoms with Crippen LogP contribution in [0, 0.1) is 9.39 Å². The molecule has 0 spiro atoms. The molecule has 2 nitrogen and oxygen atoms in total.